The van der Waals surface area contributed by atoms with E-state index in [0.29, 0.717) is 11.1 Å². The van der Waals surface area contributed by atoms with Crippen molar-refractivity contribution in [3.05, 3.63) is 143 Å². The summed E-state index contributed by atoms with van der Waals surface area (Å²) in [6.07, 6.45) is 4.10. The van der Waals surface area contributed by atoms with Crippen LogP contribution in [0.5, 0.6) is 0 Å². The van der Waals surface area contributed by atoms with Gasteiger partial charge in [-0.25, -0.2) is 0 Å². The lowest BCUT2D eigenvalue weighted by Crippen LogP contribution is -2.02. The summed E-state index contributed by atoms with van der Waals surface area (Å²) in [6.45, 7) is 20.3. The predicted molar refractivity (Wildman–Crippen MR) is 233 cm³/mol. The van der Waals surface area contributed by atoms with Gasteiger partial charge in [0.25, 0.3) is 0 Å². The van der Waals surface area contributed by atoms with E-state index >= 15 is 0 Å². The van der Waals surface area contributed by atoms with Crippen molar-refractivity contribution in [2.75, 3.05) is 7.05 Å². The van der Waals surface area contributed by atoms with Gasteiger partial charge in [-0.1, -0.05) is 107 Å². The van der Waals surface area contributed by atoms with Crippen molar-refractivity contribution in [1.29, 1.82) is 10.5 Å². The van der Waals surface area contributed by atoms with Crippen LogP contribution in [-0.2, 0) is 0 Å². The molecule has 0 radical (unpaired) electrons. The lowest BCUT2D eigenvalue weighted by Gasteiger charge is -2.10. The Kier molecular flexibility index (Phi) is 19.4. The summed E-state index contributed by atoms with van der Waals surface area (Å²) in [5.41, 5.74) is 15.8. The first-order chi connectivity index (χ1) is 27.5. The standard InChI is InChI=1S/C40H34N2S2.2C3H5F3.CH5N/c1-7-12-14-25(6)43-29-15-17-31-33-21-34-32-18-16-30(44-28(11-5)13-8-2)20-36(32)40(27(10-4)24-42)38(34)22-37(33)39(35(31)19-29)26(9-3)23-41;2*1-2-3(4,5)6;1-2/h7,9-12,14-22,25H,1,3-4,8,13H2,2,5-6H3;2*2H2,1H3;2H2,1H3/b14-12-,28-11+,39-26+,40-27+;;;. The Morgan fingerprint density at radius 3 is 1.50 bits per heavy atom. The van der Waals surface area contributed by atoms with Gasteiger partial charge in [-0.15, -0.1) is 11.8 Å². The van der Waals surface area contributed by atoms with Gasteiger partial charge in [-0.3, -0.25) is 0 Å². The Labute approximate surface area is 348 Å². The van der Waals surface area contributed by atoms with Crippen molar-refractivity contribution in [2.24, 2.45) is 5.73 Å². The molecule has 0 saturated heterocycles. The smallest absolute Gasteiger partial charge is 0.333 e. The fourth-order valence-corrected chi connectivity index (χ4v) is 7.92. The summed E-state index contributed by atoms with van der Waals surface area (Å²) in [5.74, 6) is 0. The Morgan fingerprint density at radius 2 is 1.12 bits per heavy atom. The van der Waals surface area contributed by atoms with Crippen molar-refractivity contribution < 1.29 is 26.3 Å². The number of rotatable bonds is 10. The zero-order valence-electron chi connectivity index (χ0n) is 33.7. The number of alkyl halides is 6. The molecule has 0 saturated carbocycles. The summed E-state index contributed by atoms with van der Waals surface area (Å²) >= 11 is 3.55. The fourth-order valence-electron chi connectivity index (χ4n) is 5.94. The second-order valence-electron chi connectivity index (χ2n) is 12.6. The molecule has 0 amide bonds. The molecule has 3 aromatic carbocycles. The van der Waals surface area contributed by atoms with Crippen LogP contribution in [0.3, 0.4) is 0 Å². The van der Waals surface area contributed by atoms with E-state index in [9.17, 15) is 36.9 Å². The van der Waals surface area contributed by atoms with E-state index in [1.807, 2.05) is 6.08 Å². The molecule has 3 nitrogen and oxygen atoms in total. The van der Waals surface area contributed by atoms with Crippen LogP contribution in [0, 0.1) is 22.7 Å². The SMILES string of the molecule is C=C/C=C\C(C)Sc1ccc2c(c1)/C(=C(\C#N)C=C)c1cc3c(cc1-2)-c1ccc(S/C(=C/C)CCC)cc1/C3=C(\C#N)C=C.CCC(F)(F)F.CCC(F)(F)F.CN. The molecule has 2 N–H and O–H groups in total. The minimum absolute atomic E-state index is 0.266. The first-order valence-corrected chi connectivity index (χ1v) is 20.3. The molecule has 0 fully saturated rings. The number of allylic oxidation sites excluding steroid dienone is 8. The molecule has 58 heavy (non-hydrogen) atoms. The van der Waals surface area contributed by atoms with Crippen LogP contribution in [-0.4, -0.2) is 24.7 Å². The minimum atomic E-state index is -3.96. The topological polar surface area (TPSA) is 73.6 Å². The van der Waals surface area contributed by atoms with Crippen LogP contribution in [0.1, 0.15) is 82.6 Å². The summed E-state index contributed by atoms with van der Waals surface area (Å²) < 4.78 is 64.7. The van der Waals surface area contributed by atoms with Crippen molar-refractivity contribution in [3.63, 3.8) is 0 Å². The molecule has 0 bridgehead atoms. The van der Waals surface area contributed by atoms with Crippen LogP contribution >= 0.6 is 23.5 Å². The molecule has 1 unspecified atom stereocenters. The Morgan fingerprint density at radius 1 is 0.707 bits per heavy atom. The predicted octanol–water partition coefficient (Wildman–Crippen LogP) is 15.2. The Hall–Kier alpha value is -4.94. The molecule has 1 atom stereocenters. The van der Waals surface area contributed by atoms with Gasteiger partial charge in [0.15, 0.2) is 0 Å². The monoisotopic (exact) mass is 833 g/mol. The highest BCUT2D eigenvalue weighted by Gasteiger charge is 2.33. The first-order valence-electron chi connectivity index (χ1n) is 18.6. The molecular formula is C47H49F6N3S2. The van der Waals surface area contributed by atoms with E-state index in [1.165, 1.54) is 12.0 Å². The molecule has 306 valence electrons. The number of benzene rings is 3. The molecule has 0 spiro atoms. The third-order valence-electron chi connectivity index (χ3n) is 8.69. The molecule has 3 aromatic rings. The third kappa shape index (κ3) is 12.8. The highest BCUT2D eigenvalue weighted by atomic mass is 32.2. The van der Waals surface area contributed by atoms with Gasteiger partial charge in [0.2, 0.25) is 0 Å². The maximum Gasteiger partial charge on any atom is 0.388 e. The second-order valence-corrected chi connectivity index (χ2v) is 15.2. The summed E-state index contributed by atoms with van der Waals surface area (Å²) in [6, 6.07) is 22.3. The number of fused-ring (bicyclic) bond motifs is 6. The molecule has 0 heterocycles. The van der Waals surface area contributed by atoms with Crippen molar-refractivity contribution in [3.8, 4) is 34.4 Å². The van der Waals surface area contributed by atoms with Gasteiger partial charge in [0.1, 0.15) is 0 Å². The van der Waals surface area contributed by atoms with Crippen molar-refractivity contribution in [2.45, 2.75) is 87.7 Å². The zero-order chi connectivity index (χ0) is 43.8. The van der Waals surface area contributed by atoms with Gasteiger partial charge in [-0.2, -0.15) is 36.9 Å². The fraction of sp³-hybridized carbons (Fsp3) is 0.277. The van der Waals surface area contributed by atoms with Gasteiger partial charge >= 0.3 is 12.4 Å². The minimum Gasteiger partial charge on any atom is -0.333 e. The summed E-state index contributed by atoms with van der Waals surface area (Å²) in [7, 11) is 1.50. The Balaban J connectivity index is 0.000000716. The van der Waals surface area contributed by atoms with E-state index in [2.05, 4.69) is 119 Å². The quantitative estimate of drug-likeness (QED) is 0.0657. The number of nitrogens with zero attached hydrogens (tertiary/aromatic N) is 2. The van der Waals surface area contributed by atoms with Crippen LogP contribution < -0.4 is 5.73 Å². The van der Waals surface area contributed by atoms with E-state index < -0.39 is 25.2 Å². The molecule has 11 heteroatoms. The average molecular weight is 834 g/mol. The highest BCUT2D eigenvalue weighted by molar-refractivity contribution is 8.03. The van der Waals surface area contributed by atoms with E-state index in [0.717, 1.165) is 92.1 Å². The maximum atomic E-state index is 10.8. The number of hydrogen-bond donors (Lipinski definition) is 1. The highest BCUT2D eigenvalue weighted by Crippen LogP contribution is 2.54. The van der Waals surface area contributed by atoms with Gasteiger partial charge in [0, 0.05) is 39.0 Å². The average Bonchev–Trinajstić information content (AvgIpc) is 3.68. The number of thioether (sulfide) groups is 2. The molecule has 0 aliphatic heterocycles. The zero-order valence-corrected chi connectivity index (χ0v) is 35.3. The summed E-state index contributed by atoms with van der Waals surface area (Å²) in [4.78, 5) is 3.61. The lowest BCUT2D eigenvalue weighted by molar-refractivity contribution is -0.131. The largest absolute Gasteiger partial charge is 0.388 e. The molecule has 2 aliphatic rings. The van der Waals surface area contributed by atoms with Crippen LogP contribution in [0.15, 0.2) is 131 Å². The van der Waals surface area contributed by atoms with E-state index in [1.54, 1.807) is 41.8 Å². The molecular weight excluding hydrogens is 785 g/mol. The number of nitriles is 2. The Bertz CT molecular complexity index is 2160. The normalized spacial score (nSPS) is 14.6. The van der Waals surface area contributed by atoms with Crippen LogP contribution in [0.25, 0.3) is 33.4 Å². The van der Waals surface area contributed by atoms with Gasteiger partial charge in [-0.05, 0) is 113 Å². The van der Waals surface area contributed by atoms with E-state index in [4.69, 9.17) is 0 Å². The van der Waals surface area contributed by atoms with Gasteiger partial charge < -0.3 is 5.73 Å². The molecule has 2 aliphatic carbocycles. The van der Waals surface area contributed by atoms with Crippen LogP contribution in [0.2, 0.25) is 0 Å². The van der Waals surface area contributed by atoms with Crippen molar-refractivity contribution >= 4 is 34.7 Å². The molecule has 0 aromatic heterocycles. The number of hydrogen-bond acceptors (Lipinski definition) is 5. The lowest BCUT2D eigenvalue weighted by atomic mass is 9.92. The molecule has 5 rings (SSSR count). The third-order valence-corrected chi connectivity index (χ3v) is 10.9. The summed E-state index contributed by atoms with van der Waals surface area (Å²) in [5, 5.41) is 20.6. The number of halogens is 6. The van der Waals surface area contributed by atoms with Gasteiger partial charge in [0.05, 0.1) is 23.3 Å². The van der Waals surface area contributed by atoms with Crippen LogP contribution in [0.4, 0.5) is 26.3 Å². The number of nitrogens with two attached hydrogens (primary N) is 1. The first kappa shape index (κ1) is 49.2. The second kappa shape index (κ2) is 22.9. The van der Waals surface area contributed by atoms with E-state index in [-0.39, 0.29) is 5.25 Å². The maximum absolute atomic E-state index is 10.8. The van der Waals surface area contributed by atoms with Crippen molar-refractivity contribution in [1.82, 2.24) is 0 Å².